The number of aromatic nitrogens is 2. The van der Waals surface area contributed by atoms with E-state index in [-0.39, 0.29) is 41.9 Å². The third kappa shape index (κ3) is 5.81. The summed E-state index contributed by atoms with van der Waals surface area (Å²) in [5.41, 5.74) is 1.19. The van der Waals surface area contributed by atoms with Crippen molar-refractivity contribution in [3.63, 3.8) is 0 Å². The SMILES string of the molecule is CC(=O)N1CCN(S(=O)(=O)c2ccc(C(=O)Nc3ncccc3OCc3ccncc3)cc2)CC1. The van der Waals surface area contributed by atoms with Crippen LogP contribution in [0.4, 0.5) is 5.82 Å². The lowest BCUT2D eigenvalue weighted by molar-refractivity contribution is -0.129. The Morgan fingerprint density at radius 1 is 0.971 bits per heavy atom. The fourth-order valence-electron chi connectivity index (χ4n) is 3.59. The Hall–Kier alpha value is -3.83. The minimum absolute atomic E-state index is 0.0729. The first-order chi connectivity index (χ1) is 16.8. The van der Waals surface area contributed by atoms with Gasteiger partial charge in [0.2, 0.25) is 15.9 Å². The molecule has 0 atom stereocenters. The van der Waals surface area contributed by atoms with E-state index in [1.54, 1.807) is 29.4 Å². The van der Waals surface area contributed by atoms with Crippen molar-refractivity contribution in [2.24, 2.45) is 0 Å². The Labute approximate surface area is 203 Å². The van der Waals surface area contributed by atoms with Crippen LogP contribution in [0.5, 0.6) is 5.75 Å². The van der Waals surface area contributed by atoms with E-state index in [9.17, 15) is 18.0 Å². The van der Waals surface area contributed by atoms with Gasteiger partial charge in [-0.3, -0.25) is 14.6 Å². The number of amides is 2. The fraction of sp³-hybridized carbons (Fsp3) is 0.250. The maximum absolute atomic E-state index is 13.0. The monoisotopic (exact) mass is 495 g/mol. The highest BCUT2D eigenvalue weighted by molar-refractivity contribution is 7.89. The van der Waals surface area contributed by atoms with Gasteiger partial charge in [0.15, 0.2) is 11.6 Å². The molecule has 35 heavy (non-hydrogen) atoms. The molecule has 3 aromatic rings. The summed E-state index contributed by atoms with van der Waals surface area (Å²) < 4.78 is 33.1. The largest absolute Gasteiger partial charge is 0.485 e. The molecule has 0 spiro atoms. The minimum atomic E-state index is -3.73. The number of ether oxygens (including phenoxy) is 1. The maximum atomic E-state index is 13.0. The van der Waals surface area contributed by atoms with Crippen molar-refractivity contribution in [3.8, 4) is 5.75 Å². The van der Waals surface area contributed by atoms with E-state index in [1.807, 2.05) is 12.1 Å². The highest BCUT2D eigenvalue weighted by Gasteiger charge is 2.29. The van der Waals surface area contributed by atoms with E-state index in [2.05, 4.69) is 15.3 Å². The molecule has 0 bridgehead atoms. The molecule has 1 fully saturated rings. The van der Waals surface area contributed by atoms with Gasteiger partial charge in [0, 0.05) is 57.3 Å². The van der Waals surface area contributed by atoms with Gasteiger partial charge in [-0.25, -0.2) is 13.4 Å². The van der Waals surface area contributed by atoms with Gasteiger partial charge in [-0.2, -0.15) is 4.31 Å². The van der Waals surface area contributed by atoms with Gasteiger partial charge in [-0.1, -0.05) is 0 Å². The summed E-state index contributed by atoms with van der Waals surface area (Å²) in [5, 5.41) is 2.72. The second-order valence-corrected chi connectivity index (χ2v) is 9.82. The molecule has 1 saturated heterocycles. The molecule has 182 valence electrons. The quantitative estimate of drug-likeness (QED) is 0.533. The standard InChI is InChI=1S/C24H25N5O5S/c1-18(30)28-13-15-29(16-14-28)35(32,33)21-6-4-20(5-7-21)24(31)27-23-22(3-2-10-26-23)34-17-19-8-11-25-12-9-19/h2-12H,13-17H2,1H3,(H,26,27,31). The molecule has 1 aliphatic heterocycles. The number of carbonyl (C=O) groups is 2. The highest BCUT2D eigenvalue weighted by Crippen LogP contribution is 2.23. The van der Waals surface area contributed by atoms with E-state index in [1.165, 1.54) is 41.7 Å². The van der Waals surface area contributed by atoms with Crippen molar-refractivity contribution in [2.45, 2.75) is 18.4 Å². The van der Waals surface area contributed by atoms with Crippen molar-refractivity contribution >= 4 is 27.7 Å². The summed E-state index contributed by atoms with van der Waals surface area (Å²) in [6, 6.07) is 12.8. The summed E-state index contributed by atoms with van der Waals surface area (Å²) in [7, 11) is -3.73. The van der Waals surface area contributed by atoms with Gasteiger partial charge < -0.3 is 15.0 Å². The summed E-state index contributed by atoms with van der Waals surface area (Å²) in [4.78, 5) is 34.1. The molecule has 1 aliphatic rings. The number of hydrogen-bond donors (Lipinski definition) is 1. The second-order valence-electron chi connectivity index (χ2n) is 7.88. The van der Waals surface area contributed by atoms with Crippen molar-refractivity contribution in [1.82, 2.24) is 19.2 Å². The molecule has 0 saturated carbocycles. The lowest BCUT2D eigenvalue weighted by Crippen LogP contribution is -2.49. The van der Waals surface area contributed by atoms with E-state index in [0.29, 0.717) is 18.8 Å². The van der Waals surface area contributed by atoms with Gasteiger partial charge in [-0.15, -0.1) is 0 Å². The summed E-state index contributed by atoms with van der Waals surface area (Å²) in [6.07, 6.45) is 4.87. The summed E-state index contributed by atoms with van der Waals surface area (Å²) in [6.45, 7) is 2.91. The van der Waals surface area contributed by atoms with Gasteiger partial charge in [-0.05, 0) is 54.1 Å². The van der Waals surface area contributed by atoms with Crippen LogP contribution in [-0.2, 0) is 21.4 Å². The van der Waals surface area contributed by atoms with Crippen LogP contribution in [0.3, 0.4) is 0 Å². The van der Waals surface area contributed by atoms with Crippen LogP contribution in [0.1, 0.15) is 22.8 Å². The third-order valence-electron chi connectivity index (χ3n) is 5.58. The second kappa shape index (κ2) is 10.6. The number of carbonyl (C=O) groups excluding carboxylic acids is 2. The van der Waals surface area contributed by atoms with Gasteiger partial charge >= 0.3 is 0 Å². The topological polar surface area (TPSA) is 122 Å². The smallest absolute Gasteiger partial charge is 0.256 e. The zero-order valence-electron chi connectivity index (χ0n) is 19.1. The van der Waals surface area contributed by atoms with Crippen LogP contribution in [0.15, 0.2) is 72.0 Å². The van der Waals surface area contributed by atoms with E-state index in [4.69, 9.17) is 4.74 Å². The van der Waals surface area contributed by atoms with Crippen molar-refractivity contribution in [1.29, 1.82) is 0 Å². The summed E-state index contributed by atoms with van der Waals surface area (Å²) >= 11 is 0. The maximum Gasteiger partial charge on any atom is 0.256 e. The predicted octanol–water partition coefficient (Wildman–Crippen LogP) is 2.16. The molecule has 0 radical (unpaired) electrons. The van der Waals surface area contributed by atoms with Crippen LogP contribution in [-0.4, -0.2) is 65.6 Å². The van der Waals surface area contributed by atoms with Crippen molar-refractivity contribution in [3.05, 3.63) is 78.2 Å². The van der Waals surface area contributed by atoms with Crippen LogP contribution in [0.25, 0.3) is 0 Å². The highest BCUT2D eigenvalue weighted by atomic mass is 32.2. The number of anilines is 1. The van der Waals surface area contributed by atoms with Crippen LogP contribution in [0, 0.1) is 0 Å². The molecule has 0 unspecified atom stereocenters. The molecule has 2 amide bonds. The predicted molar refractivity (Wildman–Crippen MR) is 128 cm³/mol. The van der Waals surface area contributed by atoms with E-state index >= 15 is 0 Å². The van der Waals surface area contributed by atoms with E-state index < -0.39 is 15.9 Å². The average Bonchev–Trinajstić information content (AvgIpc) is 2.89. The number of piperazine rings is 1. The number of pyridine rings is 2. The molecule has 0 aliphatic carbocycles. The molecule has 1 aromatic carbocycles. The number of benzene rings is 1. The molecule has 2 aromatic heterocycles. The zero-order chi connectivity index (χ0) is 24.8. The number of nitrogens with zero attached hydrogens (tertiary/aromatic N) is 4. The Bertz CT molecular complexity index is 1290. The lowest BCUT2D eigenvalue weighted by atomic mass is 10.2. The molecular formula is C24H25N5O5S. The number of sulfonamides is 1. The van der Waals surface area contributed by atoms with Crippen LogP contribution < -0.4 is 10.1 Å². The third-order valence-corrected chi connectivity index (χ3v) is 7.50. The molecule has 3 heterocycles. The number of nitrogens with one attached hydrogen (secondary N) is 1. The number of hydrogen-bond acceptors (Lipinski definition) is 7. The first-order valence-corrected chi connectivity index (χ1v) is 12.4. The number of rotatable bonds is 7. The first-order valence-electron chi connectivity index (χ1n) is 11.0. The van der Waals surface area contributed by atoms with E-state index in [0.717, 1.165) is 5.56 Å². The van der Waals surface area contributed by atoms with Gasteiger partial charge in [0.1, 0.15) is 6.61 Å². The lowest BCUT2D eigenvalue weighted by Gasteiger charge is -2.33. The molecular weight excluding hydrogens is 470 g/mol. The van der Waals surface area contributed by atoms with Crippen LogP contribution >= 0.6 is 0 Å². The normalized spacial score (nSPS) is 14.4. The first kappa shape index (κ1) is 24.3. The Morgan fingerprint density at radius 2 is 1.66 bits per heavy atom. The summed E-state index contributed by atoms with van der Waals surface area (Å²) in [5.74, 6) is 0.140. The molecule has 10 nitrogen and oxygen atoms in total. The van der Waals surface area contributed by atoms with Gasteiger partial charge in [0.25, 0.3) is 5.91 Å². The minimum Gasteiger partial charge on any atom is -0.485 e. The van der Waals surface area contributed by atoms with Crippen LogP contribution in [0.2, 0.25) is 0 Å². The Kier molecular flexibility index (Phi) is 7.37. The Balaban J connectivity index is 1.41. The molecule has 1 N–H and O–H groups in total. The fourth-order valence-corrected chi connectivity index (χ4v) is 5.01. The molecule has 4 rings (SSSR count). The van der Waals surface area contributed by atoms with Crippen molar-refractivity contribution < 1.29 is 22.7 Å². The Morgan fingerprint density at radius 3 is 2.31 bits per heavy atom. The zero-order valence-corrected chi connectivity index (χ0v) is 19.9. The average molecular weight is 496 g/mol. The van der Waals surface area contributed by atoms with Gasteiger partial charge in [0.05, 0.1) is 4.90 Å². The van der Waals surface area contributed by atoms with Crippen molar-refractivity contribution in [2.75, 3.05) is 31.5 Å². The molecule has 11 heteroatoms.